The first-order valence-electron chi connectivity index (χ1n) is 6.34. The van der Waals surface area contributed by atoms with Crippen molar-refractivity contribution in [2.75, 3.05) is 18.4 Å². The minimum atomic E-state index is -0.149. The average molecular weight is 245 g/mol. The van der Waals surface area contributed by atoms with Gasteiger partial charge in [0.25, 0.3) is 5.91 Å². The number of carbonyl (C=O) groups is 1. The lowest BCUT2D eigenvalue weighted by Gasteiger charge is -2.10. The lowest BCUT2D eigenvalue weighted by Crippen LogP contribution is -2.35. The van der Waals surface area contributed by atoms with Crippen molar-refractivity contribution >= 4 is 17.4 Å². The second-order valence-corrected chi connectivity index (χ2v) is 4.64. The largest absolute Gasteiger partial charge is 0.366 e. The van der Waals surface area contributed by atoms with E-state index >= 15 is 0 Å². The summed E-state index contributed by atoms with van der Waals surface area (Å²) in [6, 6.07) is 5.97. The number of rotatable bonds is 2. The highest BCUT2D eigenvalue weighted by molar-refractivity contribution is 6.42. The van der Waals surface area contributed by atoms with Crippen LogP contribution in [0.3, 0.4) is 0 Å². The molecular weight excluding hydrogens is 226 g/mol. The van der Waals surface area contributed by atoms with Gasteiger partial charge < -0.3 is 10.6 Å². The fourth-order valence-corrected chi connectivity index (χ4v) is 1.98. The Labute approximate surface area is 108 Å². The second kappa shape index (κ2) is 5.67. The number of benzene rings is 1. The van der Waals surface area contributed by atoms with Crippen LogP contribution in [-0.2, 0) is 4.79 Å². The number of aliphatic imine (C=N–C) groups is 1. The first-order valence-corrected chi connectivity index (χ1v) is 6.34. The number of amides is 1. The summed E-state index contributed by atoms with van der Waals surface area (Å²) in [5.74, 6) is 0.302. The zero-order chi connectivity index (χ0) is 13.0. The van der Waals surface area contributed by atoms with Crippen molar-refractivity contribution < 1.29 is 4.79 Å². The predicted octanol–water partition coefficient (Wildman–Crippen LogP) is 2.02. The van der Waals surface area contributed by atoms with Gasteiger partial charge in [0.15, 0.2) is 5.84 Å². The Kier molecular flexibility index (Phi) is 3.97. The maximum Gasteiger partial charge on any atom is 0.290 e. The molecule has 0 aliphatic carbocycles. The molecule has 4 nitrogen and oxygen atoms in total. The predicted molar refractivity (Wildman–Crippen MR) is 74.1 cm³/mol. The molecule has 1 aromatic rings. The maximum absolute atomic E-state index is 12.1. The van der Waals surface area contributed by atoms with Crippen molar-refractivity contribution in [3.05, 3.63) is 29.3 Å². The standard InChI is InChI=1S/C14H19N3O/c1-10-5-6-12(11(2)9-10)17-14(18)13-15-7-3-4-8-16-13/h5-6,9H,3-4,7-8H2,1-2H3,(H,15,16)(H,17,18). The molecule has 2 N–H and O–H groups in total. The van der Waals surface area contributed by atoms with Crippen LogP contribution < -0.4 is 10.6 Å². The van der Waals surface area contributed by atoms with Crippen molar-refractivity contribution in [1.29, 1.82) is 0 Å². The van der Waals surface area contributed by atoms with E-state index in [2.05, 4.69) is 21.7 Å². The van der Waals surface area contributed by atoms with Gasteiger partial charge in [0.1, 0.15) is 0 Å². The Morgan fingerprint density at radius 2 is 2.17 bits per heavy atom. The molecule has 0 aromatic heterocycles. The molecule has 1 aliphatic rings. The van der Waals surface area contributed by atoms with E-state index in [1.807, 2.05) is 26.0 Å². The highest BCUT2D eigenvalue weighted by atomic mass is 16.2. The van der Waals surface area contributed by atoms with Crippen molar-refractivity contribution in [2.45, 2.75) is 26.7 Å². The third kappa shape index (κ3) is 3.09. The molecule has 0 spiro atoms. The Hall–Kier alpha value is -1.84. The maximum atomic E-state index is 12.1. The van der Waals surface area contributed by atoms with Gasteiger partial charge in [-0.15, -0.1) is 0 Å². The fraction of sp³-hybridized carbons (Fsp3) is 0.429. The third-order valence-corrected chi connectivity index (χ3v) is 2.99. The van der Waals surface area contributed by atoms with Gasteiger partial charge in [-0.05, 0) is 38.3 Å². The first kappa shape index (κ1) is 12.6. The number of nitrogens with zero attached hydrogens (tertiary/aromatic N) is 1. The summed E-state index contributed by atoms with van der Waals surface area (Å²) in [7, 11) is 0. The Morgan fingerprint density at radius 3 is 2.94 bits per heavy atom. The highest BCUT2D eigenvalue weighted by Crippen LogP contribution is 2.15. The van der Waals surface area contributed by atoms with E-state index in [1.165, 1.54) is 5.56 Å². The van der Waals surface area contributed by atoms with Crippen LogP contribution in [0.2, 0.25) is 0 Å². The molecule has 1 aromatic carbocycles. The summed E-state index contributed by atoms with van der Waals surface area (Å²) in [5, 5.41) is 5.97. The average Bonchev–Trinajstić information content (AvgIpc) is 2.61. The van der Waals surface area contributed by atoms with E-state index < -0.39 is 0 Å². The molecule has 1 amide bonds. The van der Waals surface area contributed by atoms with Crippen LogP contribution in [0.4, 0.5) is 5.69 Å². The Bertz CT molecular complexity index is 480. The molecule has 2 rings (SSSR count). The van der Waals surface area contributed by atoms with Crippen LogP contribution in [0.1, 0.15) is 24.0 Å². The molecule has 0 radical (unpaired) electrons. The normalized spacial score (nSPS) is 15.3. The van der Waals surface area contributed by atoms with Crippen LogP contribution in [-0.4, -0.2) is 24.8 Å². The smallest absolute Gasteiger partial charge is 0.290 e. The quantitative estimate of drug-likeness (QED) is 0.837. The summed E-state index contributed by atoms with van der Waals surface area (Å²) in [6.45, 7) is 5.57. The number of carbonyl (C=O) groups excluding carboxylic acids is 1. The minimum absolute atomic E-state index is 0.149. The van der Waals surface area contributed by atoms with E-state index in [9.17, 15) is 4.79 Å². The summed E-state index contributed by atoms with van der Waals surface area (Å²) >= 11 is 0. The number of aryl methyl sites for hydroxylation is 2. The second-order valence-electron chi connectivity index (χ2n) is 4.64. The molecular formula is C14H19N3O. The van der Waals surface area contributed by atoms with E-state index in [4.69, 9.17) is 0 Å². The molecule has 0 bridgehead atoms. The molecule has 1 heterocycles. The number of anilines is 1. The van der Waals surface area contributed by atoms with Gasteiger partial charge in [0.05, 0.1) is 0 Å². The molecule has 0 fully saturated rings. The lowest BCUT2D eigenvalue weighted by atomic mass is 10.1. The number of hydrogen-bond acceptors (Lipinski definition) is 3. The van der Waals surface area contributed by atoms with Crippen molar-refractivity contribution in [3.8, 4) is 0 Å². The molecule has 0 saturated heterocycles. The molecule has 4 heteroatoms. The Morgan fingerprint density at radius 1 is 1.33 bits per heavy atom. The van der Waals surface area contributed by atoms with Crippen LogP contribution in [0, 0.1) is 13.8 Å². The lowest BCUT2D eigenvalue weighted by molar-refractivity contribution is -0.110. The summed E-state index contributed by atoms with van der Waals surface area (Å²) in [6.07, 6.45) is 2.09. The van der Waals surface area contributed by atoms with E-state index in [0.717, 1.165) is 37.2 Å². The number of hydrogen-bond donors (Lipinski definition) is 2. The molecule has 1 aliphatic heterocycles. The van der Waals surface area contributed by atoms with Gasteiger partial charge in [-0.1, -0.05) is 17.7 Å². The van der Waals surface area contributed by atoms with Crippen molar-refractivity contribution in [1.82, 2.24) is 5.32 Å². The van der Waals surface area contributed by atoms with Crippen LogP contribution in [0.5, 0.6) is 0 Å². The number of nitrogens with one attached hydrogen (secondary N) is 2. The van der Waals surface area contributed by atoms with E-state index in [0.29, 0.717) is 5.84 Å². The van der Waals surface area contributed by atoms with Crippen molar-refractivity contribution in [3.63, 3.8) is 0 Å². The molecule has 96 valence electrons. The van der Waals surface area contributed by atoms with Gasteiger partial charge >= 0.3 is 0 Å². The van der Waals surface area contributed by atoms with Gasteiger partial charge in [-0.3, -0.25) is 9.79 Å². The minimum Gasteiger partial charge on any atom is -0.366 e. The van der Waals surface area contributed by atoms with Crippen LogP contribution in [0.25, 0.3) is 0 Å². The van der Waals surface area contributed by atoms with E-state index in [1.54, 1.807) is 0 Å². The van der Waals surface area contributed by atoms with Crippen LogP contribution >= 0.6 is 0 Å². The molecule has 0 saturated carbocycles. The van der Waals surface area contributed by atoms with Gasteiger partial charge in [0.2, 0.25) is 0 Å². The summed E-state index contributed by atoms with van der Waals surface area (Å²) < 4.78 is 0. The van der Waals surface area contributed by atoms with Crippen molar-refractivity contribution in [2.24, 2.45) is 4.99 Å². The third-order valence-electron chi connectivity index (χ3n) is 2.99. The summed E-state index contributed by atoms with van der Waals surface area (Å²) in [5.41, 5.74) is 3.10. The Balaban J connectivity index is 2.08. The SMILES string of the molecule is Cc1ccc(NC(=O)C2=NCCCCN2)c(C)c1. The van der Waals surface area contributed by atoms with Gasteiger partial charge in [0, 0.05) is 18.8 Å². The van der Waals surface area contributed by atoms with E-state index in [-0.39, 0.29) is 5.91 Å². The van der Waals surface area contributed by atoms with Gasteiger partial charge in [-0.25, -0.2) is 0 Å². The van der Waals surface area contributed by atoms with Crippen LogP contribution in [0.15, 0.2) is 23.2 Å². The fourth-order valence-electron chi connectivity index (χ4n) is 1.98. The first-order chi connectivity index (χ1) is 8.66. The van der Waals surface area contributed by atoms with Gasteiger partial charge in [-0.2, -0.15) is 0 Å². The zero-order valence-electron chi connectivity index (χ0n) is 10.9. The highest BCUT2D eigenvalue weighted by Gasteiger charge is 2.13. The zero-order valence-corrected chi connectivity index (χ0v) is 10.9. The topological polar surface area (TPSA) is 53.5 Å². The summed E-state index contributed by atoms with van der Waals surface area (Å²) in [4.78, 5) is 16.3. The molecule has 0 unspecified atom stereocenters. The molecule has 18 heavy (non-hydrogen) atoms. The monoisotopic (exact) mass is 245 g/mol. The molecule has 0 atom stereocenters. The number of amidine groups is 1.